The third kappa shape index (κ3) is 4.18. The number of nitrogens with one attached hydrogen (secondary N) is 1. The van der Waals surface area contributed by atoms with Crippen LogP contribution in [0.25, 0.3) is 0 Å². The lowest BCUT2D eigenvalue weighted by atomic mass is 10.1. The molecule has 0 bridgehead atoms. The molecule has 1 N–H and O–H groups in total. The lowest BCUT2D eigenvalue weighted by Gasteiger charge is -2.14. The summed E-state index contributed by atoms with van der Waals surface area (Å²) in [6.45, 7) is 4.81. The lowest BCUT2D eigenvalue weighted by molar-refractivity contribution is -0.120. The van der Waals surface area contributed by atoms with E-state index in [0.717, 1.165) is 16.8 Å². The maximum Gasteiger partial charge on any atom is 0.414 e. The zero-order valence-electron chi connectivity index (χ0n) is 14.5. The van der Waals surface area contributed by atoms with Crippen LogP contribution in [0.3, 0.4) is 0 Å². The van der Waals surface area contributed by atoms with Gasteiger partial charge >= 0.3 is 6.09 Å². The van der Waals surface area contributed by atoms with Crippen LogP contribution >= 0.6 is 0 Å². The number of ether oxygens (including phenoxy) is 1. The van der Waals surface area contributed by atoms with E-state index in [1.165, 1.54) is 5.56 Å². The predicted molar refractivity (Wildman–Crippen MR) is 96.7 cm³/mol. The third-order valence-electron chi connectivity index (χ3n) is 4.41. The molecule has 2 aromatic rings. The van der Waals surface area contributed by atoms with Crippen LogP contribution in [0, 0.1) is 13.8 Å². The molecule has 2 amide bonds. The van der Waals surface area contributed by atoms with Crippen LogP contribution in [0.15, 0.2) is 48.5 Å². The fourth-order valence-electron chi connectivity index (χ4n) is 2.80. The van der Waals surface area contributed by atoms with Gasteiger partial charge in [-0.3, -0.25) is 9.69 Å². The second-order valence-corrected chi connectivity index (χ2v) is 6.35. The molecule has 1 unspecified atom stereocenters. The van der Waals surface area contributed by atoms with Gasteiger partial charge in [-0.15, -0.1) is 0 Å². The molecule has 1 aliphatic heterocycles. The van der Waals surface area contributed by atoms with Gasteiger partial charge in [-0.05, 0) is 42.7 Å². The number of hydrogen-bond acceptors (Lipinski definition) is 3. The van der Waals surface area contributed by atoms with E-state index < -0.39 is 0 Å². The molecule has 0 aliphatic carbocycles. The molecule has 0 aromatic heterocycles. The molecule has 2 aromatic carbocycles. The van der Waals surface area contributed by atoms with Crippen molar-refractivity contribution in [3.8, 4) is 0 Å². The van der Waals surface area contributed by atoms with Gasteiger partial charge in [0.05, 0.1) is 19.5 Å². The van der Waals surface area contributed by atoms with Crippen molar-refractivity contribution in [2.45, 2.75) is 26.4 Å². The molecule has 5 heteroatoms. The molecule has 0 radical (unpaired) electrons. The van der Waals surface area contributed by atoms with Gasteiger partial charge in [0, 0.05) is 5.69 Å². The molecular formula is C20H22N2O3. The van der Waals surface area contributed by atoms with Crippen LogP contribution in [0.2, 0.25) is 0 Å². The molecule has 1 fully saturated rings. The van der Waals surface area contributed by atoms with Gasteiger partial charge in [-0.25, -0.2) is 4.79 Å². The standard InChI is InChI=1S/C20H22N2O3/c1-14-8-9-17(10-15(14)2)22-13-18(25-20(22)24)12-21-19(23)11-16-6-4-3-5-7-16/h3-10,18H,11-13H2,1-2H3,(H,21,23). The zero-order chi connectivity index (χ0) is 17.8. The highest BCUT2D eigenvalue weighted by atomic mass is 16.6. The van der Waals surface area contributed by atoms with Gasteiger partial charge < -0.3 is 10.1 Å². The Morgan fingerprint density at radius 3 is 2.64 bits per heavy atom. The molecule has 25 heavy (non-hydrogen) atoms. The van der Waals surface area contributed by atoms with Crippen LogP contribution in [0.4, 0.5) is 10.5 Å². The van der Waals surface area contributed by atoms with Gasteiger partial charge in [-0.2, -0.15) is 0 Å². The highest BCUT2D eigenvalue weighted by Crippen LogP contribution is 2.23. The minimum atomic E-state index is -0.370. The fourth-order valence-corrected chi connectivity index (χ4v) is 2.80. The summed E-state index contributed by atoms with van der Waals surface area (Å²) in [7, 11) is 0. The van der Waals surface area contributed by atoms with Crippen LogP contribution < -0.4 is 10.2 Å². The average Bonchev–Trinajstić information content (AvgIpc) is 2.97. The van der Waals surface area contributed by atoms with Gasteiger partial charge in [0.15, 0.2) is 0 Å². The zero-order valence-corrected chi connectivity index (χ0v) is 14.5. The average molecular weight is 338 g/mol. The fraction of sp³-hybridized carbons (Fsp3) is 0.300. The van der Waals surface area contributed by atoms with E-state index >= 15 is 0 Å². The number of cyclic esters (lactones) is 1. The van der Waals surface area contributed by atoms with Gasteiger partial charge in [0.25, 0.3) is 0 Å². The van der Waals surface area contributed by atoms with E-state index in [1.807, 2.05) is 62.4 Å². The minimum Gasteiger partial charge on any atom is -0.442 e. The molecule has 1 saturated heterocycles. The quantitative estimate of drug-likeness (QED) is 0.912. The second-order valence-electron chi connectivity index (χ2n) is 6.35. The van der Waals surface area contributed by atoms with Gasteiger partial charge in [0.1, 0.15) is 6.10 Å². The predicted octanol–water partition coefficient (Wildman–Crippen LogP) is 2.99. The van der Waals surface area contributed by atoms with Crippen LogP contribution in [0.5, 0.6) is 0 Å². The topological polar surface area (TPSA) is 58.6 Å². The number of benzene rings is 2. The Balaban J connectivity index is 1.54. The van der Waals surface area contributed by atoms with Gasteiger partial charge in [0.2, 0.25) is 5.91 Å². The van der Waals surface area contributed by atoms with E-state index in [4.69, 9.17) is 4.74 Å². The maximum absolute atomic E-state index is 12.1. The molecule has 0 spiro atoms. The Hall–Kier alpha value is -2.82. The van der Waals surface area contributed by atoms with E-state index in [9.17, 15) is 9.59 Å². The summed E-state index contributed by atoms with van der Waals surface area (Å²) >= 11 is 0. The third-order valence-corrected chi connectivity index (χ3v) is 4.41. The summed E-state index contributed by atoms with van der Waals surface area (Å²) < 4.78 is 5.37. The van der Waals surface area contributed by atoms with Crippen molar-refractivity contribution in [3.05, 3.63) is 65.2 Å². The summed E-state index contributed by atoms with van der Waals surface area (Å²) in [4.78, 5) is 25.7. The van der Waals surface area contributed by atoms with Crippen molar-refractivity contribution in [3.63, 3.8) is 0 Å². The Morgan fingerprint density at radius 2 is 1.92 bits per heavy atom. The number of anilines is 1. The van der Waals surface area contributed by atoms with Crippen LogP contribution in [0.1, 0.15) is 16.7 Å². The molecule has 0 saturated carbocycles. The monoisotopic (exact) mass is 338 g/mol. The van der Waals surface area contributed by atoms with Crippen molar-refractivity contribution in [1.82, 2.24) is 5.32 Å². The van der Waals surface area contributed by atoms with E-state index in [0.29, 0.717) is 19.5 Å². The number of amides is 2. The normalized spacial score (nSPS) is 16.6. The highest BCUT2D eigenvalue weighted by molar-refractivity contribution is 5.90. The van der Waals surface area contributed by atoms with Gasteiger partial charge in [-0.1, -0.05) is 36.4 Å². The number of carbonyl (C=O) groups is 2. The Bertz CT molecular complexity index is 774. The Morgan fingerprint density at radius 1 is 1.16 bits per heavy atom. The lowest BCUT2D eigenvalue weighted by Crippen LogP contribution is -2.35. The SMILES string of the molecule is Cc1ccc(N2CC(CNC(=O)Cc3ccccc3)OC2=O)cc1C. The van der Waals surface area contributed by atoms with Crippen LogP contribution in [-0.4, -0.2) is 31.2 Å². The van der Waals surface area contributed by atoms with Crippen LogP contribution in [-0.2, 0) is 16.0 Å². The number of nitrogens with zero attached hydrogens (tertiary/aromatic N) is 1. The number of aryl methyl sites for hydroxylation is 2. The minimum absolute atomic E-state index is 0.0770. The Labute approximate surface area is 147 Å². The first-order valence-corrected chi connectivity index (χ1v) is 8.39. The summed E-state index contributed by atoms with van der Waals surface area (Å²) in [6, 6.07) is 15.4. The first kappa shape index (κ1) is 17.0. The molecule has 130 valence electrons. The molecule has 5 nitrogen and oxygen atoms in total. The maximum atomic E-state index is 12.1. The second kappa shape index (κ2) is 7.38. The van der Waals surface area contributed by atoms with E-state index in [1.54, 1.807) is 4.90 Å². The van der Waals surface area contributed by atoms with Crippen molar-refractivity contribution < 1.29 is 14.3 Å². The van der Waals surface area contributed by atoms with Crippen molar-refractivity contribution in [1.29, 1.82) is 0 Å². The van der Waals surface area contributed by atoms with E-state index in [2.05, 4.69) is 5.32 Å². The number of hydrogen-bond donors (Lipinski definition) is 1. The Kier molecular flexibility index (Phi) is 5.03. The molecule has 1 heterocycles. The van der Waals surface area contributed by atoms with Crippen molar-refractivity contribution in [2.24, 2.45) is 0 Å². The summed E-state index contributed by atoms with van der Waals surface area (Å²) in [5.74, 6) is -0.0770. The molecular weight excluding hydrogens is 316 g/mol. The molecule has 1 aliphatic rings. The first-order chi connectivity index (χ1) is 12.0. The highest BCUT2D eigenvalue weighted by Gasteiger charge is 2.32. The van der Waals surface area contributed by atoms with Crippen molar-refractivity contribution >= 4 is 17.7 Å². The number of rotatable bonds is 5. The van der Waals surface area contributed by atoms with E-state index in [-0.39, 0.29) is 18.1 Å². The molecule has 3 rings (SSSR count). The largest absolute Gasteiger partial charge is 0.442 e. The van der Waals surface area contributed by atoms with Crippen molar-refractivity contribution in [2.75, 3.05) is 18.0 Å². The number of carbonyl (C=O) groups excluding carboxylic acids is 2. The summed E-state index contributed by atoms with van der Waals surface area (Å²) in [5.41, 5.74) is 4.09. The first-order valence-electron chi connectivity index (χ1n) is 8.39. The molecule has 1 atom stereocenters. The summed E-state index contributed by atoms with van der Waals surface area (Å²) in [5, 5.41) is 2.84. The summed E-state index contributed by atoms with van der Waals surface area (Å²) in [6.07, 6.45) is -0.387. The smallest absolute Gasteiger partial charge is 0.414 e.